The molecule has 1 unspecified atom stereocenters. The van der Waals surface area contributed by atoms with Crippen LogP contribution in [0.4, 0.5) is 4.39 Å². The lowest BCUT2D eigenvalue weighted by molar-refractivity contribution is -0.140. The Morgan fingerprint density at radius 1 is 1.18 bits per heavy atom. The molecule has 0 aliphatic heterocycles. The summed E-state index contributed by atoms with van der Waals surface area (Å²) in [4.78, 5) is 22.5. The minimum atomic E-state index is -1.25. The van der Waals surface area contributed by atoms with E-state index in [9.17, 15) is 24.2 Å². The zero-order valence-electron chi connectivity index (χ0n) is 18.9. The van der Waals surface area contributed by atoms with Gasteiger partial charge in [0.15, 0.2) is 11.5 Å². The normalized spacial score (nSPS) is 12.2. The van der Waals surface area contributed by atoms with Crippen molar-refractivity contribution in [2.75, 3.05) is 20.3 Å². The zero-order valence-corrected chi connectivity index (χ0v) is 18.9. The first-order valence-electron chi connectivity index (χ1n) is 10.5. The number of carbonyl (C=O) groups excluding carboxylic acids is 1. The molecule has 0 spiro atoms. The lowest BCUT2D eigenvalue weighted by atomic mass is 9.88. The fraction of sp³-hybridized carbons (Fsp3) is 0.360. The summed E-state index contributed by atoms with van der Waals surface area (Å²) in [6.45, 7) is 3.72. The van der Waals surface area contributed by atoms with Crippen molar-refractivity contribution in [3.8, 4) is 22.6 Å². The van der Waals surface area contributed by atoms with Gasteiger partial charge in [0.1, 0.15) is 24.6 Å². The third kappa shape index (κ3) is 7.13. The first-order chi connectivity index (χ1) is 15.7. The molecule has 3 N–H and O–H groups in total. The van der Waals surface area contributed by atoms with Crippen LogP contribution in [0.3, 0.4) is 0 Å². The molecule has 1 atom stereocenters. The summed E-state index contributed by atoms with van der Waals surface area (Å²) in [6.07, 6.45) is 0.858. The molecule has 0 fully saturated rings. The quantitative estimate of drug-likeness (QED) is 0.413. The molecular weight excluding hydrogens is 431 g/mol. The van der Waals surface area contributed by atoms with Crippen molar-refractivity contribution in [1.82, 2.24) is 0 Å². The summed E-state index contributed by atoms with van der Waals surface area (Å²) in [5.41, 5.74) is 2.71. The lowest BCUT2D eigenvalue weighted by Gasteiger charge is -2.22. The highest BCUT2D eigenvalue weighted by Gasteiger charge is 2.22. The number of rotatable bonds is 12. The average Bonchev–Trinajstić information content (AvgIpc) is 2.75. The van der Waals surface area contributed by atoms with Crippen molar-refractivity contribution < 1.29 is 38.8 Å². The molecule has 0 aromatic heterocycles. The maximum atomic E-state index is 13.6. The summed E-state index contributed by atoms with van der Waals surface area (Å²) in [7, 11) is 1.49. The topological polar surface area (TPSA) is 113 Å². The minimum Gasteiger partial charge on any atom is -0.493 e. The SMILES string of the molecule is COc1cc(C(C)C)c(C=CC(O)CC(=O)CC(=O)O)c(-c2ccc(F)cc2)c1OCCO. The largest absolute Gasteiger partial charge is 0.493 e. The molecule has 0 saturated carbocycles. The zero-order chi connectivity index (χ0) is 24.5. The van der Waals surface area contributed by atoms with Gasteiger partial charge in [-0.1, -0.05) is 38.1 Å². The number of carbonyl (C=O) groups is 2. The Kier molecular flexibility index (Phi) is 9.57. The predicted molar refractivity (Wildman–Crippen MR) is 122 cm³/mol. The highest BCUT2D eigenvalue weighted by molar-refractivity contribution is 5.95. The highest BCUT2D eigenvalue weighted by Crippen LogP contribution is 2.45. The van der Waals surface area contributed by atoms with Gasteiger partial charge in [-0.25, -0.2) is 4.39 Å². The van der Waals surface area contributed by atoms with Crippen LogP contribution >= 0.6 is 0 Å². The van der Waals surface area contributed by atoms with Crippen LogP contribution in [0, 0.1) is 5.82 Å². The number of carboxylic acids is 1. The molecular formula is C25H29FO7. The van der Waals surface area contributed by atoms with Gasteiger partial charge in [-0.3, -0.25) is 9.59 Å². The number of Topliss-reactive ketones (excluding diaryl/α,β-unsaturated/α-hetero) is 1. The Labute approximate surface area is 192 Å². The maximum absolute atomic E-state index is 13.6. The fourth-order valence-electron chi connectivity index (χ4n) is 3.43. The van der Waals surface area contributed by atoms with Crippen LogP contribution in [0.5, 0.6) is 11.5 Å². The third-order valence-corrected chi connectivity index (χ3v) is 4.90. The van der Waals surface area contributed by atoms with Crippen molar-refractivity contribution >= 4 is 17.8 Å². The van der Waals surface area contributed by atoms with E-state index in [1.165, 1.54) is 25.3 Å². The standard InChI is InChI=1S/C25H29FO7/c1-15(2)21-14-22(32-3)25(33-11-10-27)24(16-4-6-17(26)7-5-16)20(21)9-8-18(28)12-19(29)13-23(30)31/h4-9,14-15,18,27-28H,10-13H2,1-3H3,(H,30,31). The number of aliphatic carboxylic acids is 1. The first kappa shape index (κ1) is 26.0. The number of ketones is 1. The lowest BCUT2D eigenvalue weighted by Crippen LogP contribution is -2.14. The number of aliphatic hydroxyl groups is 2. The van der Waals surface area contributed by atoms with E-state index in [4.69, 9.17) is 14.6 Å². The number of benzene rings is 2. The van der Waals surface area contributed by atoms with Crippen LogP contribution in [0.15, 0.2) is 36.4 Å². The Bertz CT molecular complexity index is 997. The van der Waals surface area contributed by atoms with Crippen molar-refractivity contribution in [3.05, 3.63) is 53.4 Å². The maximum Gasteiger partial charge on any atom is 0.310 e. The first-order valence-corrected chi connectivity index (χ1v) is 10.5. The molecule has 178 valence electrons. The van der Waals surface area contributed by atoms with E-state index in [2.05, 4.69) is 0 Å². The second kappa shape index (κ2) is 12.1. The number of methoxy groups -OCH3 is 1. The molecule has 7 nitrogen and oxygen atoms in total. The van der Waals surface area contributed by atoms with E-state index < -0.39 is 30.1 Å². The van der Waals surface area contributed by atoms with Gasteiger partial charge < -0.3 is 24.8 Å². The van der Waals surface area contributed by atoms with Gasteiger partial charge in [0.25, 0.3) is 0 Å². The number of carboxylic acid groups (broad SMARTS) is 1. The molecule has 0 amide bonds. The van der Waals surface area contributed by atoms with Crippen molar-refractivity contribution in [2.24, 2.45) is 0 Å². The molecule has 0 radical (unpaired) electrons. The molecule has 0 aliphatic carbocycles. The van der Waals surface area contributed by atoms with Gasteiger partial charge in [0.05, 0.1) is 19.8 Å². The molecule has 33 heavy (non-hydrogen) atoms. The Hall–Kier alpha value is -3.23. The summed E-state index contributed by atoms with van der Waals surface area (Å²) in [5.74, 6) is -1.45. The van der Waals surface area contributed by atoms with E-state index in [0.717, 1.165) is 5.56 Å². The van der Waals surface area contributed by atoms with Gasteiger partial charge in [-0.2, -0.15) is 0 Å². The second-order valence-electron chi connectivity index (χ2n) is 7.76. The molecule has 0 aliphatic rings. The van der Waals surface area contributed by atoms with Crippen LogP contribution in [0.2, 0.25) is 0 Å². The highest BCUT2D eigenvalue weighted by atomic mass is 19.1. The van der Waals surface area contributed by atoms with Crippen LogP contribution in [-0.4, -0.2) is 53.5 Å². The number of hydrogen-bond acceptors (Lipinski definition) is 6. The third-order valence-electron chi connectivity index (χ3n) is 4.90. The molecule has 2 aromatic rings. The van der Waals surface area contributed by atoms with Gasteiger partial charge in [0.2, 0.25) is 0 Å². The molecule has 0 bridgehead atoms. The van der Waals surface area contributed by atoms with Crippen molar-refractivity contribution in [2.45, 2.75) is 38.7 Å². The van der Waals surface area contributed by atoms with E-state index >= 15 is 0 Å². The Balaban J connectivity index is 2.65. The Morgan fingerprint density at radius 2 is 1.85 bits per heavy atom. The summed E-state index contributed by atoms with van der Waals surface area (Å²) in [5, 5.41) is 28.3. The van der Waals surface area contributed by atoms with Crippen LogP contribution < -0.4 is 9.47 Å². The van der Waals surface area contributed by atoms with E-state index in [1.807, 2.05) is 13.8 Å². The Morgan fingerprint density at radius 3 is 2.39 bits per heavy atom. The van der Waals surface area contributed by atoms with Crippen molar-refractivity contribution in [3.63, 3.8) is 0 Å². The van der Waals surface area contributed by atoms with Crippen molar-refractivity contribution in [1.29, 1.82) is 0 Å². The van der Waals surface area contributed by atoms with E-state index in [-0.39, 0.29) is 25.6 Å². The second-order valence-corrected chi connectivity index (χ2v) is 7.76. The molecule has 2 aromatic carbocycles. The molecule has 8 heteroatoms. The summed E-state index contributed by atoms with van der Waals surface area (Å²) < 4.78 is 24.9. The van der Waals surface area contributed by atoms with Gasteiger partial charge in [-0.05, 0) is 40.8 Å². The van der Waals surface area contributed by atoms with Gasteiger partial charge >= 0.3 is 5.97 Å². The predicted octanol–water partition coefficient (Wildman–Crippen LogP) is 3.80. The number of halogens is 1. The molecule has 0 heterocycles. The summed E-state index contributed by atoms with van der Waals surface area (Å²) in [6, 6.07) is 7.60. The van der Waals surface area contributed by atoms with E-state index in [1.54, 1.807) is 24.3 Å². The number of hydrogen-bond donors (Lipinski definition) is 3. The monoisotopic (exact) mass is 460 g/mol. The van der Waals surface area contributed by atoms with E-state index in [0.29, 0.717) is 28.2 Å². The average molecular weight is 460 g/mol. The number of aliphatic hydroxyl groups excluding tert-OH is 2. The van der Waals surface area contributed by atoms with Gasteiger partial charge in [-0.15, -0.1) is 0 Å². The van der Waals surface area contributed by atoms with Crippen LogP contribution in [0.25, 0.3) is 17.2 Å². The van der Waals surface area contributed by atoms with Crippen LogP contribution in [0.1, 0.15) is 43.7 Å². The summed E-state index contributed by atoms with van der Waals surface area (Å²) >= 11 is 0. The van der Waals surface area contributed by atoms with Gasteiger partial charge in [0, 0.05) is 12.0 Å². The number of ether oxygens (including phenoxy) is 2. The minimum absolute atomic E-state index is 0.00104. The van der Waals surface area contributed by atoms with Crippen LogP contribution in [-0.2, 0) is 9.59 Å². The fourth-order valence-corrected chi connectivity index (χ4v) is 3.43. The molecule has 0 saturated heterocycles. The smallest absolute Gasteiger partial charge is 0.310 e. The molecule has 2 rings (SSSR count).